The van der Waals surface area contributed by atoms with Gasteiger partial charge in [0.25, 0.3) is 0 Å². The van der Waals surface area contributed by atoms with E-state index in [1.807, 2.05) is 20.8 Å². The second kappa shape index (κ2) is 6.50. The quantitative estimate of drug-likeness (QED) is 0.836. The summed E-state index contributed by atoms with van der Waals surface area (Å²) in [7, 11) is 1.63. The number of carbonyl (C=O) groups excluding carboxylic acids is 1. The third kappa shape index (κ3) is 3.07. The second-order valence-electron chi connectivity index (χ2n) is 4.53. The smallest absolute Gasteiger partial charge is 0.143 e. The number of carbonyl (C=O) groups is 1. The fourth-order valence-electron chi connectivity index (χ4n) is 2.08. The van der Waals surface area contributed by atoms with E-state index >= 15 is 0 Å². The SMILES string of the molecule is CCC(CN)C(=O)Cc1ncc(C)c(OC)c1C. The average Bonchev–Trinajstić information content (AvgIpc) is 2.35. The number of Topliss-reactive ketones (excluding diaryl/α,β-unsaturated/α-hetero) is 1. The Morgan fingerprint density at radius 2 is 2.17 bits per heavy atom. The summed E-state index contributed by atoms with van der Waals surface area (Å²) < 4.78 is 5.34. The Balaban J connectivity index is 2.95. The fourth-order valence-corrected chi connectivity index (χ4v) is 2.08. The van der Waals surface area contributed by atoms with Crippen molar-refractivity contribution in [2.45, 2.75) is 33.6 Å². The predicted octanol–water partition coefficient (Wildman–Crippen LogP) is 1.80. The van der Waals surface area contributed by atoms with Crippen LogP contribution in [-0.2, 0) is 11.2 Å². The van der Waals surface area contributed by atoms with Crippen molar-refractivity contribution in [3.8, 4) is 5.75 Å². The van der Waals surface area contributed by atoms with Crippen molar-refractivity contribution in [3.05, 3.63) is 23.0 Å². The van der Waals surface area contributed by atoms with Crippen LogP contribution in [0.3, 0.4) is 0 Å². The van der Waals surface area contributed by atoms with Gasteiger partial charge in [0.2, 0.25) is 0 Å². The van der Waals surface area contributed by atoms with Gasteiger partial charge in [-0.3, -0.25) is 9.78 Å². The molecule has 1 aromatic rings. The van der Waals surface area contributed by atoms with E-state index in [0.29, 0.717) is 13.0 Å². The van der Waals surface area contributed by atoms with Gasteiger partial charge in [-0.05, 0) is 20.3 Å². The normalized spacial score (nSPS) is 12.3. The summed E-state index contributed by atoms with van der Waals surface area (Å²) in [5.74, 6) is 0.897. The minimum Gasteiger partial charge on any atom is -0.496 e. The minimum atomic E-state index is -0.0708. The number of methoxy groups -OCH3 is 1. The molecule has 0 fully saturated rings. The number of nitrogens with two attached hydrogens (primary N) is 1. The predicted molar refractivity (Wildman–Crippen MR) is 71.8 cm³/mol. The summed E-state index contributed by atoms with van der Waals surface area (Å²) >= 11 is 0. The molecule has 1 unspecified atom stereocenters. The topological polar surface area (TPSA) is 65.2 Å². The highest BCUT2D eigenvalue weighted by atomic mass is 16.5. The van der Waals surface area contributed by atoms with Crippen molar-refractivity contribution < 1.29 is 9.53 Å². The van der Waals surface area contributed by atoms with Gasteiger partial charge in [0.15, 0.2) is 0 Å². The van der Waals surface area contributed by atoms with Gasteiger partial charge in [-0.1, -0.05) is 6.92 Å². The highest BCUT2D eigenvalue weighted by molar-refractivity contribution is 5.83. The summed E-state index contributed by atoms with van der Waals surface area (Å²) in [6, 6.07) is 0. The van der Waals surface area contributed by atoms with Crippen molar-refractivity contribution in [2.24, 2.45) is 11.7 Å². The van der Waals surface area contributed by atoms with Crippen LogP contribution in [0.1, 0.15) is 30.2 Å². The van der Waals surface area contributed by atoms with Crippen LogP contribution in [0.4, 0.5) is 0 Å². The first-order valence-corrected chi connectivity index (χ1v) is 6.26. The Kier molecular flexibility index (Phi) is 5.28. The maximum Gasteiger partial charge on any atom is 0.143 e. The van der Waals surface area contributed by atoms with Gasteiger partial charge in [0, 0.05) is 36.2 Å². The summed E-state index contributed by atoms with van der Waals surface area (Å²) in [6.45, 7) is 6.26. The van der Waals surface area contributed by atoms with Crippen LogP contribution in [-0.4, -0.2) is 24.4 Å². The first kappa shape index (κ1) is 14.6. The summed E-state index contributed by atoms with van der Waals surface area (Å²) in [5.41, 5.74) is 8.30. The van der Waals surface area contributed by atoms with Crippen LogP contribution in [0.5, 0.6) is 5.75 Å². The lowest BCUT2D eigenvalue weighted by Gasteiger charge is -2.14. The van der Waals surface area contributed by atoms with Gasteiger partial charge in [-0.25, -0.2) is 0 Å². The fraction of sp³-hybridized carbons (Fsp3) is 0.571. The Morgan fingerprint density at radius 1 is 1.50 bits per heavy atom. The van der Waals surface area contributed by atoms with Crippen LogP contribution in [0, 0.1) is 19.8 Å². The number of hydrogen-bond acceptors (Lipinski definition) is 4. The minimum absolute atomic E-state index is 0.0708. The lowest BCUT2D eigenvalue weighted by atomic mass is 9.96. The van der Waals surface area contributed by atoms with E-state index in [-0.39, 0.29) is 11.7 Å². The monoisotopic (exact) mass is 250 g/mol. The van der Waals surface area contributed by atoms with Crippen LogP contribution >= 0.6 is 0 Å². The molecule has 1 aromatic heterocycles. The number of pyridine rings is 1. The molecule has 1 atom stereocenters. The van der Waals surface area contributed by atoms with E-state index in [1.165, 1.54) is 0 Å². The zero-order valence-corrected chi connectivity index (χ0v) is 11.6. The second-order valence-corrected chi connectivity index (χ2v) is 4.53. The zero-order valence-electron chi connectivity index (χ0n) is 11.6. The third-order valence-corrected chi connectivity index (χ3v) is 3.32. The average molecular weight is 250 g/mol. The Labute approximate surface area is 109 Å². The standard InChI is InChI=1S/C14H22N2O2/c1-5-11(7-15)13(17)6-12-10(3)14(18-4)9(2)8-16-12/h8,11H,5-7,15H2,1-4H3. The Morgan fingerprint density at radius 3 is 2.67 bits per heavy atom. The lowest BCUT2D eigenvalue weighted by Crippen LogP contribution is -2.25. The van der Waals surface area contributed by atoms with Gasteiger partial charge < -0.3 is 10.5 Å². The van der Waals surface area contributed by atoms with Crippen molar-refractivity contribution in [1.29, 1.82) is 0 Å². The van der Waals surface area contributed by atoms with E-state index in [1.54, 1.807) is 13.3 Å². The number of aryl methyl sites for hydroxylation is 1. The number of ketones is 1. The molecule has 0 aliphatic carbocycles. The zero-order chi connectivity index (χ0) is 13.7. The highest BCUT2D eigenvalue weighted by Crippen LogP contribution is 2.24. The molecule has 0 spiro atoms. The van der Waals surface area contributed by atoms with Gasteiger partial charge in [-0.15, -0.1) is 0 Å². The van der Waals surface area contributed by atoms with E-state index < -0.39 is 0 Å². The van der Waals surface area contributed by atoms with Crippen molar-refractivity contribution in [1.82, 2.24) is 4.98 Å². The molecule has 1 rings (SSSR count). The molecule has 0 bridgehead atoms. The molecule has 2 N–H and O–H groups in total. The Bertz CT molecular complexity index is 426. The molecule has 0 saturated heterocycles. The summed E-state index contributed by atoms with van der Waals surface area (Å²) in [4.78, 5) is 16.4. The number of aromatic nitrogens is 1. The maximum absolute atomic E-state index is 12.1. The van der Waals surface area contributed by atoms with Crippen molar-refractivity contribution >= 4 is 5.78 Å². The van der Waals surface area contributed by atoms with Crippen molar-refractivity contribution in [2.75, 3.05) is 13.7 Å². The molecule has 0 aliphatic rings. The van der Waals surface area contributed by atoms with Crippen LogP contribution < -0.4 is 10.5 Å². The third-order valence-electron chi connectivity index (χ3n) is 3.32. The summed E-state index contributed by atoms with van der Waals surface area (Å²) in [6.07, 6.45) is 2.85. The molecule has 0 aromatic carbocycles. The van der Waals surface area contributed by atoms with Gasteiger partial charge >= 0.3 is 0 Å². The van der Waals surface area contributed by atoms with Gasteiger partial charge in [-0.2, -0.15) is 0 Å². The molecule has 4 heteroatoms. The maximum atomic E-state index is 12.1. The molecular weight excluding hydrogens is 228 g/mol. The molecule has 1 heterocycles. The van der Waals surface area contributed by atoms with Crippen LogP contribution in [0.2, 0.25) is 0 Å². The molecule has 0 radical (unpaired) electrons. The molecule has 0 aliphatic heterocycles. The van der Waals surface area contributed by atoms with Gasteiger partial charge in [0.1, 0.15) is 11.5 Å². The molecule has 0 amide bonds. The Hall–Kier alpha value is -1.42. The number of ether oxygens (including phenoxy) is 1. The number of rotatable bonds is 6. The summed E-state index contributed by atoms with van der Waals surface area (Å²) in [5, 5.41) is 0. The van der Waals surface area contributed by atoms with Crippen molar-refractivity contribution in [3.63, 3.8) is 0 Å². The highest BCUT2D eigenvalue weighted by Gasteiger charge is 2.18. The first-order valence-electron chi connectivity index (χ1n) is 6.26. The number of nitrogens with zero attached hydrogens (tertiary/aromatic N) is 1. The van der Waals surface area contributed by atoms with Gasteiger partial charge in [0.05, 0.1) is 12.8 Å². The molecular formula is C14H22N2O2. The first-order chi connectivity index (χ1) is 8.54. The van der Waals surface area contributed by atoms with Crippen LogP contribution in [0.25, 0.3) is 0 Å². The van der Waals surface area contributed by atoms with E-state index in [2.05, 4.69) is 4.98 Å². The lowest BCUT2D eigenvalue weighted by molar-refractivity contribution is -0.122. The number of hydrogen-bond donors (Lipinski definition) is 1. The van der Waals surface area contributed by atoms with E-state index in [0.717, 1.165) is 29.0 Å². The molecule has 100 valence electrons. The molecule has 0 saturated carbocycles. The van der Waals surface area contributed by atoms with E-state index in [4.69, 9.17) is 10.5 Å². The molecule has 18 heavy (non-hydrogen) atoms. The van der Waals surface area contributed by atoms with E-state index in [9.17, 15) is 4.79 Å². The largest absolute Gasteiger partial charge is 0.496 e. The molecule has 4 nitrogen and oxygen atoms in total. The van der Waals surface area contributed by atoms with Crippen LogP contribution in [0.15, 0.2) is 6.20 Å².